The average Bonchev–Trinajstić information content (AvgIpc) is 2.48. The molecule has 0 unspecified atom stereocenters. The Hall–Kier alpha value is -1.16. The molecule has 3 nitrogen and oxygen atoms in total. The number of hydrogen-bond donors (Lipinski definition) is 0. The molecule has 0 amide bonds. The van der Waals surface area contributed by atoms with Crippen LogP contribution in [0.4, 0.5) is 0 Å². The van der Waals surface area contributed by atoms with Crippen LogP contribution < -0.4 is 0 Å². The SMILES string of the molecule is COCC(C)(C)N1CCN(CC(C)=Cc2ccccc2)CC1. The van der Waals surface area contributed by atoms with E-state index in [1.807, 2.05) is 0 Å². The van der Waals surface area contributed by atoms with Crippen molar-refractivity contribution in [3.05, 3.63) is 41.5 Å². The van der Waals surface area contributed by atoms with Gasteiger partial charge >= 0.3 is 0 Å². The smallest absolute Gasteiger partial charge is 0.0641 e. The van der Waals surface area contributed by atoms with Crippen LogP contribution in [-0.2, 0) is 4.74 Å². The van der Waals surface area contributed by atoms with Gasteiger partial charge in [-0.25, -0.2) is 0 Å². The lowest BCUT2D eigenvalue weighted by molar-refractivity contribution is 0.00410. The van der Waals surface area contributed by atoms with Crippen LogP contribution in [0.25, 0.3) is 6.08 Å². The number of benzene rings is 1. The predicted octanol–water partition coefficient (Wildman–Crippen LogP) is 3.13. The standard InChI is InChI=1S/C19H30N2O/c1-17(14-18-8-6-5-7-9-18)15-20-10-12-21(13-11-20)19(2,3)16-22-4/h5-9,14H,10-13,15-16H2,1-4H3. The molecule has 22 heavy (non-hydrogen) atoms. The Morgan fingerprint density at radius 1 is 1.14 bits per heavy atom. The molecule has 0 bridgehead atoms. The molecule has 1 heterocycles. The van der Waals surface area contributed by atoms with E-state index < -0.39 is 0 Å². The van der Waals surface area contributed by atoms with Crippen molar-refractivity contribution >= 4 is 6.08 Å². The van der Waals surface area contributed by atoms with E-state index in [9.17, 15) is 0 Å². The number of piperazine rings is 1. The normalized spacial score (nSPS) is 18.6. The van der Waals surface area contributed by atoms with Gasteiger partial charge < -0.3 is 4.74 Å². The quantitative estimate of drug-likeness (QED) is 0.803. The number of ether oxygens (including phenoxy) is 1. The Bertz CT molecular complexity index is 473. The van der Waals surface area contributed by atoms with Gasteiger partial charge in [-0.2, -0.15) is 0 Å². The van der Waals surface area contributed by atoms with E-state index in [-0.39, 0.29) is 5.54 Å². The lowest BCUT2D eigenvalue weighted by atomic mass is 10.0. The molecule has 1 aliphatic rings. The molecule has 1 fully saturated rings. The summed E-state index contributed by atoms with van der Waals surface area (Å²) in [6, 6.07) is 10.6. The number of hydrogen-bond acceptors (Lipinski definition) is 3. The van der Waals surface area contributed by atoms with Crippen LogP contribution in [0.1, 0.15) is 26.3 Å². The van der Waals surface area contributed by atoms with Crippen LogP contribution in [0.5, 0.6) is 0 Å². The van der Waals surface area contributed by atoms with Crippen molar-refractivity contribution in [2.24, 2.45) is 0 Å². The first kappa shape index (κ1) is 17.2. The monoisotopic (exact) mass is 302 g/mol. The molecule has 0 saturated carbocycles. The van der Waals surface area contributed by atoms with Gasteiger partial charge in [0.1, 0.15) is 0 Å². The van der Waals surface area contributed by atoms with Gasteiger partial charge in [-0.05, 0) is 26.3 Å². The highest BCUT2D eigenvalue weighted by Crippen LogP contribution is 2.18. The maximum atomic E-state index is 5.35. The first-order chi connectivity index (χ1) is 10.5. The summed E-state index contributed by atoms with van der Waals surface area (Å²) in [5.41, 5.74) is 2.85. The summed E-state index contributed by atoms with van der Waals surface area (Å²) in [6.07, 6.45) is 2.29. The summed E-state index contributed by atoms with van der Waals surface area (Å²) in [7, 11) is 1.79. The van der Waals surface area contributed by atoms with Gasteiger partial charge in [0, 0.05) is 45.4 Å². The fourth-order valence-corrected chi connectivity index (χ4v) is 3.19. The zero-order valence-corrected chi connectivity index (χ0v) is 14.5. The van der Waals surface area contributed by atoms with Crippen LogP contribution in [0.3, 0.4) is 0 Å². The van der Waals surface area contributed by atoms with Crippen LogP contribution in [0, 0.1) is 0 Å². The van der Waals surface area contributed by atoms with Crippen molar-refractivity contribution in [3.63, 3.8) is 0 Å². The Kier molecular flexibility index (Phi) is 6.18. The van der Waals surface area contributed by atoms with Gasteiger partial charge in [-0.15, -0.1) is 0 Å². The first-order valence-electron chi connectivity index (χ1n) is 8.20. The fourth-order valence-electron chi connectivity index (χ4n) is 3.19. The molecule has 1 aromatic rings. The third-order valence-electron chi connectivity index (χ3n) is 4.41. The van der Waals surface area contributed by atoms with Gasteiger partial charge in [0.15, 0.2) is 0 Å². The van der Waals surface area contributed by atoms with E-state index in [1.54, 1.807) is 7.11 Å². The van der Waals surface area contributed by atoms with Gasteiger partial charge in [0.2, 0.25) is 0 Å². The lowest BCUT2D eigenvalue weighted by Crippen LogP contribution is -2.56. The molecule has 1 aliphatic heterocycles. The number of rotatable bonds is 6. The van der Waals surface area contributed by atoms with Crippen molar-refractivity contribution in [2.75, 3.05) is 46.4 Å². The number of methoxy groups -OCH3 is 1. The molecule has 1 saturated heterocycles. The predicted molar refractivity (Wildman–Crippen MR) is 94.1 cm³/mol. The molecule has 0 aliphatic carbocycles. The summed E-state index contributed by atoms with van der Waals surface area (Å²) in [6.45, 7) is 13.1. The lowest BCUT2D eigenvalue weighted by Gasteiger charge is -2.43. The summed E-state index contributed by atoms with van der Waals surface area (Å²) in [5.74, 6) is 0. The molecule has 0 radical (unpaired) electrons. The zero-order valence-electron chi connectivity index (χ0n) is 14.5. The third-order valence-corrected chi connectivity index (χ3v) is 4.41. The minimum absolute atomic E-state index is 0.135. The van der Waals surface area contributed by atoms with E-state index in [2.05, 4.69) is 67.0 Å². The second-order valence-electron chi connectivity index (χ2n) is 6.91. The van der Waals surface area contributed by atoms with E-state index in [0.29, 0.717) is 0 Å². The van der Waals surface area contributed by atoms with Crippen molar-refractivity contribution in [1.82, 2.24) is 9.80 Å². The summed E-state index contributed by atoms with van der Waals surface area (Å²) in [4.78, 5) is 5.09. The van der Waals surface area contributed by atoms with Crippen LogP contribution in [-0.4, -0.2) is 61.8 Å². The van der Waals surface area contributed by atoms with Gasteiger partial charge in [-0.1, -0.05) is 42.0 Å². The molecule has 0 atom stereocenters. The van der Waals surface area contributed by atoms with E-state index in [0.717, 1.165) is 39.3 Å². The highest BCUT2D eigenvalue weighted by Gasteiger charge is 2.29. The maximum absolute atomic E-state index is 5.35. The fraction of sp³-hybridized carbons (Fsp3) is 0.579. The molecule has 122 valence electrons. The minimum atomic E-state index is 0.135. The topological polar surface area (TPSA) is 15.7 Å². The first-order valence-corrected chi connectivity index (χ1v) is 8.20. The Morgan fingerprint density at radius 2 is 1.77 bits per heavy atom. The van der Waals surface area contributed by atoms with E-state index in [1.165, 1.54) is 11.1 Å². The van der Waals surface area contributed by atoms with Crippen molar-refractivity contribution in [1.29, 1.82) is 0 Å². The second-order valence-corrected chi connectivity index (χ2v) is 6.91. The molecule has 0 spiro atoms. The van der Waals surface area contributed by atoms with Crippen LogP contribution in [0.2, 0.25) is 0 Å². The van der Waals surface area contributed by atoms with Crippen molar-refractivity contribution < 1.29 is 4.74 Å². The zero-order chi connectivity index (χ0) is 16.0. The van der Waals surface area contributed by atoms with Gasteiger partial charge in [0.25, 0.3) is 0 Å². The molecule has 2 rings (SSSR count). The molecule has 1 aromatic carbocycles. The van der Waals surface area contributed by atoms with Crippen molar-refractivity contribution in [3.8, 4) is 0 Å². The molecular formula is C19H30N2O. The molecule has 3 heteroatoms. The Balaban J connectivity index is 1.84. The summed E-state index contributed by atoms with van der Waals surface area (Å²) in [5, 5.41) is 0. The number of nitrogens with zero attached hydrogens (tertiary/aromatic N) is 2. The van der Waals surface area contributed by atoms with Crippen LogP contribution >= 0.6 is 0 Å². The molecule has 0 aromatic heterocycles. The summed E-state index contributed by atoms with van der Waals surface area (Å²) >= 11 is 0. The van der Waals surface area contributed by atoms with Gasteiger partial charge in [0.05, 0.1) is 6.61 Å². The maximum Gasteiger partial charge on any atom is 0.0641 e. The summed E-state index contributed by atoms with van der Waals surface area (Å²) < 4.78 is 5.35. The van der Waals surface area contributed by atoms with E-state index >= 15 is 0 Å². The Labute approximate surface area is 135 Å². The third kappa shape index (κ3) is 4.94. The molecular weight excluding hydrogens is 272 g/mol. The molecule has 0 N–H and O–H groups in total. The van der Waals surface area contributed by atoms with Crippen molar-refractivity contribution in [2.45, 2.75) is 26.3 Å². The Morgan fingerprint density at radius 3 is 2.36 bits per heavy atom. The average molecular weight is 302 g/mol. The van der Waals surface area contributed by atoms with Crippen LogP contribution in [0.15, 0.2) is 35.9 Å². The second kappa shape index (κ2) is 7.91. The minimum Gasteiger partial charge on any atom is -0.383 e. The van der Waals surface area contributed by atoms with E-state index in [4.69, 9.17) is 4.74 Å². The highest BCUT2D eigenvalue weighted by atomic mass is 16.5. The van der Waals surface area contributed by atoms with Gasteiger partial charge in [-0.3, -0.25) is 9.80 Å². The largest absolute Gasteiger partial charge is 0.383 e. The highest BCUT2D eigenvalue weighted by molar-refractivity contribution is 5.52.